The van der Waals surface area contributed by atoms with Crippen LogP contribution >= 0.6 is 11.3 Å². The number of hydrogen-bond acceptors (Lipinski definition) is 21. The lowest BCUT2D eigenvalue weighted by molar-refractivity contribution is -0.148. The van der Waals surface area contributed by atoms with Crippen molar-refractivity contribution in [1.82, 2.24) is 36.1 Å². The Morgan fingerprint density at radius 1 is 0.727 bits per heavy atom. The van der Waals surface area contributed by atoms with E-state index in [4.69, 9.17) is 59.8 Å². The van der Waals surface area contributed by atoms with E-state index in [1.807, 2.05) is 75.2 Å². The van der Waals surface area contributed by atoms with Gasteiger partial charge in [0.05, 0.1) is 134 Å². The summed E-state index contributed by atoms with van der Waals surface area (Å²) in [5, 5.41) is 17.3. The fraction of sp³-hybridized carbons (Fsp3) is 0.671. The third-order valence-electron chi connectivity index (χ3n) is 18.0. The summed E-state index contributed by atoms with van der Waals surface area (Å²) in [6.45, 7) is 14.1. The molecule has 1 unspecified atom stereocenters. The second kappa shape index (κ2) is 45.2. The van der Waals surface area contributed by atoms with Gasteiger partial charge in [0, 0.05) is 58.0 Å². The summed E-state index contributed by atoms with van der Waals surface area (Å²) in [5.41, 5.74) is 17.7. The molecular weight excluding hydrogens is 1300 g/mol. The van der Waals surface area contributed by atoms with Crippen molar-refractivity contribution in [3.05, 3.63) is 82.3 Å². The number of carbonyl (C=O) groups is 8. The second-order valence-electron chi connectivity index (χ2n) is 25.5. The molecule has 11 N–H and O–H groups in total. The molecule has 5 rings (SSSR count). The Bertz CT molecular complexity index is 2880. The molecule has 2 fully saturated rings. The summed E-state index contributed by atoms with van der Waals surface area (Å²) >= 11 is 1.48. The molecule has 1 aromatic heterocycles. The van der Waals surface area contributed by atoms with Crippen LogP contribution in [0.25, 0.3) is 0 Å². The highest BCUT2D eigenvalue weighted by atomic mass is 32.1. The number of hydrogen-bond donors (Lipinski definition) is 8. The molecule has 8 amide bonds. The Hall–Kier alpha value is -6.77. The first-order valence-electron chi connectivity index (χ1n) is 34.7. The van der Waals surface area contributed by atoms with Gasteiger partial charge in [-0.05, 0) is 80.0 Å². The SMILES string of the molecule is CC[C@H](C)[C@@H]([C@@H](CC(=O)N1CCC[C@H]1[C@H](OC)[C@@H](C)C(=O)N[C@@H](Cc1ccccc1)c1nccs1)OC)N(C)C(=O)[C@@H](NC(=O)C1(NC(=O)CCOCCOCCOCCOCCOCCOCCNC(=O)OCc2ccc(NC(=O)[C@@H](N)CCC(N)C(N)=O)cc2)CCCC1)C(C)C. The average molecular weight is 1410 g/mol. The smallest absolute Gasteiger partial charge is 0.407 e. The lowest BCUT2D eigenvalue weighted by Gasteiger charge is -2.41. The van der Waals surface area contributed by atoms with Crippen LogP contribution in [-0.4, -0.2) is 224 Å². The summed E-state index contributed by atoms with van der Waals surface area (Å²) in [6, 6.07) is 12.7. The molecule has 1 aliphatic heterocycles. The molecule has 0 bridgehead atoms. The van der Waals surface area contributed by atoms with Crippen LogP contribution in [-0.2, 0) is 89.2 Å². The number of likely N-dealkylation sites (tertiary alicyclic amines) is 1. The van der Waals surface area contributed by atoms with Gasteiger partial charge in [-0.1, -0.05) is 96.3 Å². The predicted molar refractivity (Wildman–Crippen MR) is 373 cm³/mol. The summed E-state index contributed by atoms with van der Waals surface area (Å²) in [5.74, 6) is -3.60. The Labute approximate surface area is 587 Å². The van der Waals surface area contributed by atoms with Gasteiger partial charge in [0.15, 0.2) is 0 Å². The molecule has 2 aliphatic rings. The van der Waals surface area contributed by atoms with Crippen molar-refractivity contribution in [2.75, 3.05) is 119 Å². The minimum Gasteiger partial charge on any atom is -0.445 e. The maximum absolute atomic E-state index is 14.8. The number of nitrogens with one attached hydrogen (secondary N) is 5. The minimum atomic E-state index is -1.20. The number of anilines is 1. The van der Waals surface area contributed by atoms with Gasteiger partial charge in [-0.25, -0.2) is 9.78 Å². The van der Waals surface area contributed by atoms with Crippen molar-refractivity contribution in [1.29, 1.82) is 0 Å². The molecule has 29 heteroatoms. The maximum atomic E-state index is 14.8. The van der Waals surface area contributed by atoms with E-state index in [1.165, 1.54) is 11.3 Å². The molecule has 2 aromatic carbocycles. The number of rotatable bonds is 49. The van der Waals surface area contributed by atoms with Crippen LogP contribution in [0.15, 0.2) is 66.2 Å². The van der Waals surface area contributed by atoms with Crippen LogP contribution in [0.2, 0.25) is 0 Å². The molecular formula is C70H111N11O17S. The van der Waals surface area contributed by atoms with Crippen LogP contribution in [0.3, 0.4) is 0 Å². The van der Waals surface area contributed by atoms with Gasteiger partial charge in [-0.15, -0.1) is 11.3 Å². The van der Waals surface area contributed by atoms with Gasteiger partial charge in [0.2, 0.25) is 41.4 Å². The number of amides is 8. The lowest BCUT2D eigenvalue weighted by atomic mass is 9.89. The highest BCUT2D eigenvalue weighted by Gasteiger charge is 2.46. The first kappa shape index (κ1) is 82.9. The number of methoxy groups -OCH3 is 2. The van der Waals surface area contributed by atoms with Gasteiger partial charge < -0.3 is 96.2 Å². The van der Waals surface area contributed by atoms with E-state index in [9.17, 15) is 38.4 Å². The highest BCUT2D eigenvalue weighted by molar-refractivity contribution is 7.09. The number of nitrogens with two attached hydrogens (primary N) is 3. The zero-order chi connectivity index (χ0) is 72.1. The molecule has 1 saturated heterocycles. The fourth-order valence-electron chi connectivity index (χ4n) is 12.1. The van der Waals surface area contributed by atoms with Crippen molar-refractivity contribution < 1.29 is 81.0 Å². The topological polar surface area (TPSA) is 377 Å². The number of thiazole rings is 1. The summed E-state index contributed by atoms with van der Waals surface area (Å²) in [4.78, 5) is 115. The van der Waals surface area contributed by atoms with Crippen LogP contribution in [0.4, 0.5) is 10.5 Å². The van der Waals surface area contributed by atoms with E-state index in [2.05, 4.69) is 31.6 Å². The number of aromatic nitrogens is 1. The van der Waals surface area contributed by atoms with Crippen molar-refractivity contribution >= 4 is 64.5 Å². The molecule has 1 aliphatic carbocycles. The third-order valence-corrected chi connectivity index (χ3v) is 18.9. The summed E-state index contributed by atoms with van der Waals surface area (Å²) in [6.07, 6.45) is 5.08. The minimum absolute atomic E-state index is 0.0139. The standard InChI is InChI=1S/C70H111N11O17S/c1-9-48(4)61(57(90-7)45-59(83)81-30-15-18-56(81)62(91-8)49(5)64(85)77-55(66-74-29-43-99-66)44-50-16-11-10-12-17-50)80(6)67(87)60(47(2)3)78-68(88)70(26-13-14-27-70)79-58(82)25-31-92-33-35-94-37-39-96-41-42-97-40-38-95-36-34-93-32-28-75-69(89)98-46-51-19-21-52(22-20-51)76-65(86)54(72)24-23-53(71)63(73)84/h10-12,16-17,19-22,29,43,47-49,53-57,60-62H,9,13-15,18,23-28,30-42,44-46,71-72H2,1-8H3,(H2,73,84)(H,75,89)(H,76,86)(H,77,85)(H,78,88)(H,79,82)/t48-,49+,53?,54-,55-,56-,57+,60-,61-,62+/m0/s1. The van der Waals surface area contributed by atoms with Gasteiger partial charge in [-0.3, -0.25) is 33.6 Å². The Morgan fingerprint density at radius 2 is 1.32 bits per heavy atom. The Balaban J connectivity index is 0.918. The maximum Gasteiger partial charge on any atom is 0.407 e. The molecule has 0 spiro atoms. The Kier molecular flexibility index (Phi) is 37.8. The van der Waals surface area contributed by atoms with E-state index in [1.54, 1.807) is 56.6 Å². The summed E-state index contributed by atoms with van der Waals surface area (Å²) in [7, 11) is 4.82. The van der Waals surface area contributed by atoms with Gasteiger partial charge >= 0.3 is 6.09 Å². The van der Waals surface area contributed by atoms with Crippen LogP contribution in [0.5, 0.6) is 0 Å². The van der Waals surface area contributed by atoms with Gasteiger partial charge in [0.25, 0.3) is 0 Å². The van der Waals surface area contributed by atoms with Crippen LogP contribution < -0.4 is 43.8 Å². The monoisotopic (exact) mass is 1410 g/mol. The molecule has 1 saturated carbocycles. The largest absolute Gasteiger partial charge is 0.445 e. The third kappa shape index (κ3) is 28.3. The van der Waals surface area contributed by atoms with Crippen LogP contribution in [0.1, 0.15) is 127 Å². The number of likely N-dealkylation sites (N-methyl/N-ethyl adjacent to an activating group) is 1. The number of carbonyl (C=O) groups excluding carboxylic acids is 8. The van der Waals surface area contributed by atoms with E-state index in [0.29, 0.717) is 103 Å². The average Bonchev–Trinajstić information content (AvgIpc) is 1.80. The highest BCUT2D eigenvalue weighted by Crippen LogP contribution is 2.33. The zero-order valence-electron chi connectivity index (χ0n) is 59.2. The molecule has 0 radical (unpaired) electrons. The van der Waals surface area contributed by atoms with E-state index >= 15 is 0 Å². The number of primary amides is 1. The number of alkyl carbamates (subject to hydrolysis) is 1. The van der Waals surface area contributed by atoms with Crippen molar-refractivity contribution in [2.45, 2.75) is 172 Å². The second-order valence-corrected chi connectivity index (χ2v) is 26.5. The molecule has 2 heterocycles. The molecule has 3 aromatic rings. The first-order chi connectivity index (χ1) is 47.6. The molecule has 10 atom stereocenters. The quantitative estimate of drug-likeness (QED) is 0.0365. The van der Waals surface area contributed by atoms with Gasteiger partial charge in [-0.2, -0.15) is 0 Å². The molecule has 554 valence electrons. The first-order valence-corrected chi connectivity index (χ1v) is 35.6. The normalized spacial score (nSPS) is 17.1. The molecule has 28 nitrogen and oxygen atoms in total. The number of ether oxygens (including phenoxy) is 9. The van der Waals surface area contributed by atoms with E-state index in [-0.39, 0.29) is 113 Å². The fourth-order valence-corrected chi connectivity index (χ4v) is 12.8. The van der Waals surface area contributed by atoms with Crippen molar-refractivity contribution in [3.8, 4) is 0 Å². The summed E-state index contributed by atoms with van der Waals surface area (Å²) < 4.78 is 50.9. The number of nitrogens with zero attached hydrogens (tertiary/aromatic N) is 3. The molecule has 99 heavy (non-hydrogen) atoms. The number of benzene rings is 2. The van der Waals surface area contributed by atoms with Crippen LogP contribution in [0, 0.1) is 17.8 Å². The van der Waals surface area contributed by atoms with Crippen molar-refractivity contribution in [2.24, 2.45) is 35.0 Å². The van der Waals surface area contributed by atoms with E-state index < -0.39 is 71.6 Å². The zero-order valence-corrected chi connectivity index (χ0v) is 60.0. The van der Waals surface area contributed by atoms with Gasteiger partial charge in [0.1, 0.15) is 23.2 Å². The van der Waals surface area contributed by atoms with E-state index in [0.717, 1.165) is 29.8 Å². The Morgan fingerprint density at radius 3 is 1.88 bits per heavy atom. The van der Waals surface area contributed by atoms with Crippen molar-refractivity contribution in [3.63, 3.8) is 0 Å². The predicted octanol–water partition coefficient (Wildman–Crippen LogP) is 4.31. The lowest BCUT2D eigenvalue weighted by Crippen LogP contribution is -2.63.